The van der Waals surface area contributed by atoms with E-state index >= 15 is 0 Å². The normalized spacial score (nSPS) is 18.3. The summed E-state index contributed by atoms with van der Waals surface area (Å²) in [6.45, 7) is 2.18. The summed E-state index contributed by atoms with van der Waals surface area (Å²) in [6, 6.07) is 4.02. The average molecular weight is 352 g/mol. The second-order valence-corrected chi connectivity index (χ2v) is 6.67. The highest BCUT2D eigenvalue weighted by Gasteiger charge is 2.24. The predicted octanol–water partition coefficient (Wildman–Crippen LogP) is 3.16. The van der Waals surface area contributed by atoms with Gasteiger partial charge in [0.25, 0.3) is 0 Å². The third-order valence-corrected chi connectivity index (χ3v) is 4.70. The Morgan fingerprint density at radius 1 is 1.19 bits per heavy atom. The van der Waals surface area contributed by atoms with E-state index in [-0.39, 0.29) is 0 Å². The minimum Gasteiger partial charge on any atom is -0.490 e. The Labute approximate surface area is 131 Å². The predicted molar refractivity (Wildman–Crippen MR) is 82.4 cm³/mol. The van der Waals surface area contributed by atoms with Crippen LogP contribution < -0.4 is 4.74 Å². The highest BCUT2D eigenvalue weighted by Crippen LogP contribution is 2.34. The number of hydrogen-bond acceptors (Lipinski definition) is 4. The minimum absolute atomic E-state index is 0.474. The van der Waals surface area contributed by atoms with Crippen LogP contribution in [0, 0.1) is 5.92 Å². The number of ether oxygens (including phenoxy) is 2. The molecule has 2 aliphatic rings. The van der Waals surface area contributed by atoms with Gasteiger partial charge in [0.15, 0.2) is 0 Å². The highest BCUT2D eigenvalue weighted by atomic mass is 79.9. The zero-order valence-electron chi connectivity index (χ0n) is 11.8. The maximum absolute atomic E-state index is 5.78. The van der Waals surface area contributed by atoms with Gasteiger partial charge in [0.1, 0.15) is 17.9 Å². The SMILES string of the molecule is Brc1c(OCCOC2CC2)ccc2c1nnn2CC1CC1. The molecule has 0 saturated heterocycles. The lowest BCUT2D eigenvalue weighted by Gasteiger charge is -2.09. The highest BCUT2D eigenvalue weighted by molar-refractivity contribution is 9.10. The van der Waals surface area contributed by atoms with Crippen molar-refractivity contribution in [2.24, 2.45) is 5.92 Å². The summed E-state index contributed by atoms with van der Waals surface area (Å²) >= 11 is 3.59. The molecule has 0 unspecified atom stereocenters. The van der Waals surface area contributed by atoms with Gasteiger partial charge in [0.2, 0.25) is 0 Å². The number of rotatable bonds is 7. The Morgan fingerprint density at radius 3 is 2.81 bits per heavy atom. The van der Waals surface area contributed by atoms with Crippen LogP contribution in [0.3, 0.4) is 0 Å². The van der Waals surface area contributed by atoms with Crippen molar-refractivity contribution < 1.29 is 9.47 Å². The standard InChI is InChI=1S/C15H18BrN3O2/c16-14-13(21-8-7-20-11-3-4-11)6-5-12-15(14)17-18-19(12)9-10-1-2-10/h5-6,10-11H,1-4,7-9H2. The van der Waals surface area contributed by atoms with E-state index in [0.717, 1.165) is 33.7 Å². The number of nitrogens with zero attached hydrogens (tertiary/aromatic N) is 3. The molecule has 5 nitrogen and oxygen atoms in total. The van der Waals surface area contributed by atoms with Crippen molar-refractivity contribution in [1.82, 2.24) is 15.0 Å². The third kappa shape index (κ3) is 3.06. The van der Waals surface area contributed by atoms with Gasteiger partial charge < -0.3 is 9.47 Å². The van der Waals surface area contributed by atoms with E-state index < -0.39 is 0 Å². The van der Waals surface area contributed by atoms with Gasteiger partial charge in [-0.2, -0.15) is 0 Å². The molecule has 4 rings (SSSR count). The fourth-order valence-electron chi connectivity index (χ4n) is 2.38. The summed E-state index contributed by atoms with van der Waals surface area (Å²) in [7, 11) is 0. The van der Waals surface area contributed by atoms with Gasteiger partial charge in [-0.25, -0.2) is 4.68 Å². The molecule has 112 valence electrons. The topological polar surface area (TPSA) is 49.2 Å². The average Bonchev–Trinajstić information content (AvgIpc) is 3.38. The molecule has 0 amide bonds. The molecule has 0 radical (unpaired) electrons. The van der Waals surface area contributed by atoms with Crippen LogP contribution in [0.2, 0.25) is 0 Å². The van der Waals surface area contributed by atoms with E-state index in [0.29, 0.717) is 19.3 Å². The Kier molecular flexibility index (Phi) is 3.59. The fraction of sp³-hybridized carbons (Fsp3) is 0.600. The number of hydrogen-bond donors (Lipinski definition) is 0. The second kappa shape index (κ2) is 5.57. The van der Waals surface area contributed by atoms with E-state index in [1.165, 1.54) is 25.7 Å². The van der Waals surface area contributed by atoms with Crippen molar-refractivity contribution in [3.8, 4) is 5.75 Å². The molecule has 0 N–H and O–H groups in total. The first kappa shape index (κ1) is 13.5. The summed E-state index contributed by atoms with van der Waals surface area (Å²) in [5.74, 6) is 1.59. The molecule has 21 heavy (non-hydrogen) atoms. The summed E-state index contributed by atoms with van der Waals surface area (Å²) in [6.07, 6.45) is 5.48. The van der Waals surface area contributed by atoms with Crippen LogP contribution in [0.1, 0.15) is 25.7 Å². The molecule has 1 aromatic carbocycles. The molecule has 2 aliphatic carbocycles. The van der Waals surface area contributed by atoms with Crippen LogP contribution in [0.15, 0.2) is 16.6 Å². The van der Waals surface area contributed by atoms with Gasteiger partial charge in [-0.05, 0) is 59.7 Å². The van der Waals surface area contributed by atoms with Crippen molar-refractivity contribution in [2.75, 3.05) is 13.2 Å². The van der Waals surface area contributed by atoms with E-state index in [9.17, 15) is 0 Å². The zero-order chi connectivity index (χ0) is 14.2. The number of aromatic nitrogens is 3. The molecule has 6 heteroatoms. The molecule has 2 aromatic rings. The number of halogens is 1. The van der Waals surface area contributed by atoms with Crippen LogP contribution >= 0.6 is 15.9 Å². The molecule has 0 atom stereocenters. The second-order valence-electron chi connectivity index (χ2n) is 5.88. The van der Waals surface area contributed by atoms with E-state index in [1.807, 2.05) is 16.8 Å². The molecular formula is C15H18BrN3O2. The Bertz CT molecular complexity index is 650. The van der Waals surface area contributed by atoms with Crippen LogP contribution in [0.5, 0.6) is 5.75 Å². The number of benzene rings is 1. The van der Waals surface area contributed by atoms with Crippen LogP contribution in [-0.4, -0.2) is 34.3 Å². The van der Waals surface area contributed by atoms with E-state index in [1.54, 1.807) is 0 Å². The largest absolute Gasteiger partial charge is 0.490 e. The first-order valence-corrected chi connectivity index (χ1v) is 8.36. The van der Waals surface area contributed by atoms with Gasteiger partial charge in [0.05, 0.1) is 22.7 Å². The molecule has 1 heterocycles. The van der Waals surface area contributed by atoms with Gasteiger partial charge in [-0.15, -0.1) is 5.10 Å². The van der Waals surface area contributed by atoms with Crippen molar-refractivity contribution in [2.45, 2.75) is 38.3 Å². The number of fused-ring (bicyclic) bond motifs is 1. The molecule has 2 saturated carbocycles. The molecular weight excluding hydrogens is 334 g/mol. The molecule has 1 aromatic heterocycles. The van der Waals surface area contributed by atoms with E-state index in [2.05, 4.69) is 26.2 Å². The van der Waals surface area contributed by atoms with Gasteiger partial charge in [-0.1, -0.05) is 5.21 Å². The van der Waals surface area contributed by atoms with Gasteiger partial charge >= 0.3 is 0 Å². The van der Waals surface area contributed by atoms with Crippen LogP contribution in [0.4, 0.5) is 0 Å². The summed E-state index contributed by atoms with van der Waals surface area (Å²) in [5.41, 5.74) is 1.94. The maximum atomic E-state index is 5.78. The first-order valence-electron chi connectivity index (χ1n) is 7.57. The van der Waals surface area contributed by atoms with Crippen molar-refractivity contribution in [3.05, 3.63) is 16.6 Å². The summed E-state index contributed by atoms with van der Waals surface area (Å²) in [4.78, 5) is 0. The fourth-order valence-corrected chi connectivity index (χ4v) is 2.91. The Morgan fingerprint density at radius 2 is 2.05 bits per heavy atom. The van der Waals surface area contributed by atoms with Crippen molar-refractivity contribution in [1.29, 1.82) is 0 Å². The quantitative estimate of drug-likeness (QED) is 0.719. The minimum atomic E-state index is 0.474. The van der Waals surface area contributed by atoms with Crippen molar-refractivity contribution >= 4 is 27.0 Å². The first-order chi connectivity index (χ1) is 10.3. The van der Waals surface area contributed by atoms with Crippen LogP contribution in [0.25, 0.3) is 11.0 Å². The van der Waals surface area contributed by atoms with Gasteiger partial charge in [0, 0.05) is 6.54 Å². The Hall–Kier alpha value is -1.14. The van der Waals surface area contributed by atoms with Crippen molar-refractivity contribution in [3.63, 3.8) is 0 Å². The monoisotopic (exact) mass is 351 g/mol. The molecule has 0 bridgehead atoms. The third-order valence-electron chi connectivity index (χ3n) is 3.94. The lowest BCUT2D eigenvalue weighted by atomic mass is 10.3. The zero-order valence-corrected chi connectivity index (χ0v) is 13.4. The van der Waals surface area contributed by atoms with Crippen LogP contribution in [-0.2, 0) is 11.3 Å². The summed E-state index contributed by atoms with van der Waals surface area (Å²) < 4.78 is 14.2. The molecule has 0 spiro atoms. The lowest BCUT2D eigenvalue weighted by molar-refractivity contribution is 0.0879. The Balaban J connectivity index is 1.46. The maximum Gasteiger partial charge on any atom is 0.136 e. The smallest absolute Gasteiger partial charge is 0.136 e. The molecule has 0 aliphatic heterocycles. The van der Waals surface area contributed by atoms with Gasteiger partial charge in [-0.3, -0.25) is 0 Å². The van der Waals surface area contributed by atoms with E-state index in [4.69, 9.17) is 9.47 Å². The summed E-state index contributed by atoms with van der Waals surface area (Å²) in [5, 5.41) is 8.54. The molecule has 2 fully saturated rings. The lowest BCUT2D eigenvalue weighted by Crippen LogP contribution is -2.08.